The van der Waals surface area contributed by atoms with Crippen molar-refractivity contribution in [2.24, 2.45) is 0 Å². The fourth-order valence-corrected chi connectivity index (χ4v) is 9.23. The molecule has 0 saturated carbocycles. The van der Waals surface area contributed by atoms with Gasteiger partial charge < -0.3 is 28.0 Å². The van der Waals surface area contributed by atoms with Crippen molar-refractivity contribution in [1.82, 2.24) is 14.2 Å². The maximum absolute atomic E-state index is 13.2. The summed E-state index contributed by atoms with van der Waals surface area (Å²) in [6.07, 6.45) is 4.08. The van der Waals surface area contributed by atoms with E-state index < -0.39 is 43.8 Å². The monoisotopic (exact) mass is 793 g/mol. The molecule has 55 heavy (non-hydrogen) atoms. The van der Waals surface area contributed by atoms with Gasteiger partial charge in [-0.05, 0) is 100 Å². The van der Waals surface area contributed by atoms with Crippen molar-refractivity contribution in [3.63, 3.8) is 0 Å². The minimum Gasteiger partial charge on any atom is -0.497 e. The molecule has 3 aromatic carbocycles. The predicted octanol–water partition coefficient (Wildman–Crippen LogP) is 8.05. The Morgan fingerprint density at radius 3 is 2.02 bits per heavy atom. The number of unbranched alkanes of at least 4 members (excludes halogenated alkanes) is 1. The number of hydrogen-bond donors (Lipinski definition) is 1. The molecule has 1 saturated heterocycles. The van der Waals surface area contributed by atoms with Crippen LogP contribution in [0.4, 0.5) is 0 Å². The Kier molecular flexibility index (Phi) is 15.6. The van der Waals surface area contributed by atoms with Gasteiger partial charge in [0.25, 0.3) is 14.1 Å². The van der Waals surface area contributed by atoms with Gasteiger partial charge in [-0.25, -0.2) is 9.46 Å². The zero-order valence-electron chi connectivity index (χ0n) is 33.2. The highest BCUT2D eigenvalue weighted by Crippen LogP contribution is 2.50. The van der Waals surface area contributed by atoms with Crippen LogP contribution in [0.3, 0.4) is 0 Å². The van der Waals surface area contributed by atoms with Crippen molar-refractivity contribution in [2.75, 3.05) is 39.4 Å². The third kappa shape index (κ3) is 10.3. The lowest BCUT2D eigenvalue weighted by molar-refractivity contribution is -0.0926. The number of aromatic amines is 1. The summed E-state index contributed by atoms with van der Waals surface area (Å²) in [6.45, 7) is 10.9. The first kappa shape index (κ1) is 42.7. The molecule has 0 bridgehead atoms. The van der Waals surface area contributed by atoms with Gasteiger partial charge in [0.15, 0.2) is 0 Å². The van der Waals surface area contributed by atoms with Crippen LogP contribution in [0.15, 0.2) is 94.6 Å². The van der Waals surface area contributed by atoms with Crippen LogP contribution in [0, 0.1) is 6.92 Å². The number of rotatable bonds is 20. The van der Waals surface area contributed by atoms with Crippen LogP contribution in [-0.4, -0.2) is 78.0 Å². The molecule has 2 heterocycles. The smallest absolute Gasteiger partial charge is 0.330 e. The van der Waals surface area contributed by atoms with Gasteiger partial charge in [0, 0.05) is 30.3 Å². The number of aryl methyl sites for hydroxylation is 1. The molecule has 1 aliphatic heterocycles. The summed E-state index contributed by atoms with van der Waals surface area (Å²) in [6, 6.07) is 26.1. The summed E-state index contributed by atoms with van der Waals surface area (Å²) in [7, 11) is 1.76. The molecule has 1 aliphatic rings. The average molecular weight is 794 g/mol. The zero-order chi connectivity index (χ0) is 39.5. The fourth-order valence-electron chi connectivity index (χ4n) is 6.95. The Hall–Kier alpha value is -3.48. The van der Waals surface area contributed by atoms with E-state index in [1.807, 2.05) is 78.5 Å². The number of hydrogen-bond acceptors (Lipinski definition) is 10. The molecule has 0 aliphatic carbocycles. The number of benzene rings is 3. The van der Waals surface area contributed by atoms with Crippen LogP contribution in [0.1, 0.15) is 75.4 Å². The first-order chi connectivity index (χ1) is 26.5. The highest BCUT2D eigenvalue weighted by molar-refractivity contribution is 7.98. The van der Waals surface area contributed by atoms with E-state index in [-0.39, 0.29) is 18.7 Å². The van der Waals surface area contributed by atoms with Gasteiger partial charge in [-0.15, -0.1) is 0 Å². The first-order valence-corrected chi connectivity index (χ1v) is 21.4. The Bertz CT molecular complexity index is 1830. The van der Waals surface area contributed by atoms with Crippen molar-refractivity contribution >= 4 is 20.3 Å². The minimum absolute atomic E-state index is 0.0887. The van der Waals surface area contributed by atoms with Crippen molar-refractivity contribution < 1.29 is 28.0 Å². The molecule has 1 fully saturated rings. The molecule has 1 aromatic heterocycles. The highest BCUT2D eigenvalue weighted by Gasteiger charge is 2.45. The second-order valence-electron chi connectivity index (χ2n) is 14.1. The number of ether oxygens (including phenoxy) is 4. The number of H-pyrrole nitrogens is 1. The maximum Gasteiger partial charge on any atom is 0.330 e. The van der Waals surface area contributed by atoms with Crippen LogP contribution in [0.25, 0.3) is 0 Å². The molecule has 4 atom stereocenters. The number of thioether (sulfide) groups is 1. The summed E-state index contributed by atoms with van der Waals surface area (Å²) in [5.41, 5.74) is 1.00. The zero-order valence-corrected chi connectivity index (χ0v) is 34.9. The lowest BCUT2D eigenvalue weighted by Crippen LogP contribution is -2.39. The van der Waals surface area contributed by atoms with Gasteiger partial charge in [0.05, 0.1) is 33.5 Å². The van der Waals surface area contributed by atoms with E-state index in [1.54, 1.807) is 27.3 Å². The second kappa shape index (κ2) is 20.1. The summed E-state index contributed by atoms with van der Waals surface area (Å²) in [5.74, 6) is 2.51. The molecule has 13 heteroatoms. The average Bonchev–Trinajstić information content (AvgIpc) is 3.58. The first-order valence-electron chi connectivity index (χ1n) is 18.8. The van der Waals surface area contributed by atoms with Gasteiger partial charge in [-0.3, -0.25) is 14.3 Å². The van der Waals surface area contributed by atoms with Crippen LogP contribution in [-0.2, 0) is 24.1 Å². The molecule has 1 N–H and O–H groups in total. The quantitative estimate of drug-likeness (QED) is 0.0536. The van der Waals surface area contributed by atoms with E-state index in [4.69, 9.17) is 28.0 Å². The molecule has 4 aromatic rings. The molecule has 5 rings (SSSR count). The molecule has 11 nitrogen and oxygen atoms in total. The molecular formula is C42H56N3O8PS. The summed E-state index contributed by atoms with van der Waals surface area (Å²) in [4.78, 5) is 28.0. The number of aromatic nitrogens is 2. The van der Waals surface area contributed by atoms with Crippen LogP contribution in [0.5, 0.6) is 11.5 Å². The minimum atomic E-state index is -1.53. The molecule has 1 unspecified atom stereocenters. The molecule has 0 amide bonds. The van der Waals surface area contributed by atoms with Crippen LogP contribution in [0.2, 0.25) is 0 Å². The summed E-state index contributed by atoms with van der Waals surface area (Å²) < 4.78 is 42.5. The lowest BCUT2D eigenvalue weighted by Gasteiger charge is -2.39. The van der Waals surface area contributed by atoms with Gasteiger partial charge >= 0.3 is 5.69 Å². The summed E-state index contributed by atoms with van der Waals surface area (Å²) in [5, 5.41) is 0. The second-order valence-corrected chi connectivity index (χ2v) is 16.5. The molecular weight excluding hydrogens is 738 g/mol. The number of nitrogens with zero attached hydrogens (tertiary/aromatic N) is 2. The van der Waals surface area contributed by atoms with E-state index in [1.165, 1.54) is 4.57 Å². The standard InChI is InChI=1S/C42H56N3O8PS/c1-29(2)45(30(3)4)54(51-24-12-13-25-55-8)53-37-26-39(44-27-31(5)40(46)43-41(44)47)52-38(37)28-50-42(32-14-10-9-11-15-32,33-16-20-35(48-6)21-17-33)34-18-22-36(49-7)23-19-34/h9-11,14-23,27,29-30,37-39H,12-13,24-26,28H2,1-8H3,(H,43,46,47)/t37-,38+,39+,54?/m0/s1. The van der Waals surface area contributed by atoms with Gasteiger partial charge in [0.1, 0.15) is 29.4 Å². The Morgan fingerprint density at radius 2 is 1.47 bits per heavy atom. The van der Waals surface area contributed by atoms with E-state index in [2.05, 4.69) is 55.7 Å². The Labute approximate surface area is 330 Å². The number of nitrogens with one attached hydrogen (secondary N) is 1. The molecule has 298 valence electrons. The van der Waals surface area contributed by atoms with E-state index in [0.29, 0.717) is 18.6 Å². The third-order valence-corrected chi connectivity index (χ3v) is 12.5. The molecule has 0 radical (unpaired) electrons. The lowest BCUT2D eigenvalue weighted by atomic mass is 9.80. The SMILES string of the molecule is COc1ccc(C(OC[C@H]2O[C@@H](n3cc(C)c(=O)[nH]c3=O)C[C@@H]2OP(OCCCCSC)N(C(C)C)C(C)C)(c2ccccc2)c2ccc(OC)cc2)cc1. The van der Waals surface area contributed by atoms with Crippen molar-refractivity contribution in [1.29, 1.82) is 0 Å². The third-order valence-electron chi connectivity index (χ3n) is 9.69. The van der Waals surface area contributed by atoms with Crippen molar-refractivity contribution in [3.05, 3.63) is 128 Å². The van der Waals surface area contributed by atoms with Gasteiger partial charge in [-0.2, -0.15) is 11.8 Å². The van der Waals surface area contributed by atoms with E-state index in [9.17, 15) is 9.59 Å². The maximum atomic E-state index is 13.2. The Balaban J connectivity index is 1.58. The normalized spacial score (nSPS) is 18.0. The van der Waals surface area contributed by atoms with E-state index in [0.717, 1.165) is 46.8 Å². The van der Waals surface area contributed by atoms with Gasteiger partial charge in [-0.1, -0.05) is 54.6 Å². The van der Waals surface area contributed by atoms with Crippen LogP contribution >= 0.6 is 20.3 Å². The van der Waals surface area contributed by atoms with Crippen molar-refractivity contribution in [2.45, 2.75) is 90.0 Å². The Morgan fingerprint density at radius 1 is 0.891 bits per heavy atom. The highest BCUT2D eigenvalue weighted by atomic mass is 32.2. The fraction of sp³-hybridized carbons (Fsp3) is 0.476. The number of methoxy groups -OCH3 is 2. The largest absolute Gasteiger partial charge is 0.497 e. The van der Waals surface area contributed by atoms with E-state index >= 15 is 0 Å². The molecule has 0 spiro atoms. The topological polar surface area (TPSA) is 113 Å². The predicted molar refractivity (Wildman–Crippen MR) is 220 cm³/mol. The van der Waals surface area contributed by atoms with Crippen molar-refractivity contribution in [3.8, 4) is 11.5 Å². The summed E-state index contributed by atoms with van der Waals surface area (Å²) >= 11 is 1.83. The van der Waals surface area contributed by atoms with Crippen LogP contribution < -0.4 is 20.7 Å². The van der Waals surface area contributed by atoms with Gasteiger partial charge in [0.2, 0.25) is 0 Å².